The van der Waals surface area contributed by atoms with Crippen LogP contribution in [0.3, 0.4) is 0 Å². The van der Waals surface area contributed by atoms with Crippen molar-refractivity contribution >= 4 is 12.0 Å². The number of carboxylic acids is 1. The molecule has 1 aliphatic rings. The minimum absolute atomic E-state index is 0.00469. The molecule has 0 saturated carbocycles. The number of hydrogen-bond acceptors (Lipinski definition) is 3. The van der Waals surface area contributed by atoms with E-state index in [0.717, 1.165) is 26.1 Å². The summed E-state index contributed by atoms with van der Waals surface area (Å²) in [6.07, 6.45) is 2.57. The topological polar surface area (TPSA) is 81.7 Å². The molecular formula is C14H27N3O3. The van der Waals surface area contributed by atoms with Gasteiger partial charge in [0.15, 0.2) is 0 Å². The molecule has 20 heavy (non-hydrogen) atoms. The highest BCUT2D eigenvalue weighted by Gasteiger charge is 2.21. The first-order chi connectivity index (χ1) is 9.51. The zero-order chi connectivity index (χ0) is 15.0. The summed E-state index contributed by atoms with van der Waals surface area (Å²) in [7, 11) is 0. The molecule has 1 saturated heterocycles. The van der Waals surface area contributed by atoms with E-state index in [0.29, 0.717) is 25.3 Å². The Hall–Kier alpha value is -1.30. The first-order valence-corrected chi connectivity index (χ1v) is 7.49. The molecule has 2 atom stereocenters. The zero-order valence-corrected chi connectivity index (χ0v) is 12.5. The molecule has 0 aromatic heterocycles. The van der Waals surface area contributed by atoms with E-state index in [9.17, 15) is 9.59 Å². The molecule has 0 aliphatic carbocycles. The summed E-state index contributed by atoms with van der Waals surface area (Å²) in [6.45, 7) is 8.02. The maximum Gasteiger partial charge on any atom is 0.315 e. The Bertz CT molecular complexity index is 323. The molecular weight excluding hydrogens is 258 g/mol. The van der Waals surface area contributed by atoms with Gasteiger partial charge in [-0.15, -0.1) is 0 Å². The van der Waals surface area contributed by atoms with Crippen molar-refractivity contribution in [3.8, 4) is 0 Å². The summed E-state index contributed by atoms with van der Waals surface area (Å²) in [5, 5.41) is 14.3. The van der Waals surface area contributed by atoms with Crippen LogP contribution in [0.2, 0.25) is 0 Å². The molecule has 1 rings (SSSR count). The van der Waals surface area contributed by atoms with Gasteiger partial charge in [0, 0.05) is 25.6 Å². The van der Waals surface area contributed by atoms with Gasteiger partial charge in [-0.3, -0.25) is 4.79 Å². The van der Waals surface area contributed by atoms with Crippen LogP contribution in [-0.2, 0) is 4.79 Å². The summed E-state index contributed by atoms with van der Waals surface area (Å²) in [6, 6.07) is -0.146. The van der Waals surface area contributed by atoms with Gasteiger partial charge in [0.05, 0.1) is 0 Å². The number of carbonyl (C=O) groups is 2. The van der Waals surface area contributed by atoms with E-state index < -0.39 is 5.97 Å². The van der Waals surface area contributed by atoms with Crippen molar-refractivity contribution in [2.24, 2.45) is 5.92 Å². The zero-order valence-electron chi connectivity index (χ0n) is 12.5. The first-order valence-electron chi connectivity index (χ1n) is 7.49. The van der Waals surface area contributed by atoms with Crippen molar-refractivity contribution in [1.29, 1.82) is 0 Å². The normalized spacial score (nSPS) is 20.6. The van der Waals surface area contributed by atoms with E-state index in [2.05, 4.69) is 22.5 Å². The second kappa shape index (κ2) is 8.79. The van der Waals surface area contributed by atoms with Crippen LogP contribution in [0.1, 0.15) is 39.5 Å². The second-order valence-electron chi connectivity index (χ2n) is 5.59. The minimum Gasteiger partial charge on any atom is -0.481 e. The molecule has 1 aliphatic heterocycles. The van der Waals surface area contributed by atoms with Gasteiger partial charge in [-0.25, -0.2) is 4.79 Å². The number of carboxylic acid groups (broad SMARTS) is 1. The lowest BCUT2D eigenvalue weighted by molar-refractivity contribution is -0.137. The Kier molecular flexibility index (Phi) is 7.36. The van der Waals surface area contributed by atoms with Crippen LogP contribution in [0.15, 0.2) is 0 Å². The fraction of sp³-hybridized carbons (Fsp3) is 0.857. The van der Waals surface area contributed by atoms with Crippen LogP contribution in [0.4, 0.5) is 4.79 Å². The summed E-state index contributed by atoms with van der Waals surface area (Å²) < 4.78 is 0. The highest BCUT2D eigenvalue weighted by molar-refractivity contribution is 5.74. The lowest BCUT2D eigenvalue weighted by atomic mass is 10.1. The van der Waals surface area contributed by atoms with Crippen LogP contribution >= 0.6 is 0 Å². The van der Waals surface area contributed by atoms with E-state index in [1.54, 1.807) is 0 Å². The van der Waals surface area contributed by atoms with Gasteiger partial charge >= 0.3 is 12.0 Å². The van der Waals surface area contributed by atoms with E-state index in [1.165, 1.54) is 0 Å². The van der Waals surface area contributed by atoms with Gasteiger partial charge < -0.3 is 20.6 Å². The maximum absolute atomic E-state index is 11.7. The Morgan fingerprint density at radius 1 is 1.45 bits per heavy atom. The molecule has 0 aromatic carbocycles. The third-order valence-corrected chi connectivity index (χ3v) is 3.77. The number of carbonyl (C=O) groups excluding carboxylic acids is 1. The third-order valence-electron chi connectivity index (χ3n) is 3.77. The van der Waals surface area contributed by atoms with Crippen molar-refractivity contribution in [2.45, 2.75) is 45.6 Å². The number of likely N-dealkylation sites (tertiary alicyclic amines) is 1. The number of hydrogen-bond donors (Lipinski definition) is 3. The number of urea groups is 1. The molecule has 1 fully saturated rings. The molecule has 116 valence electrons. The van der Waals surface area contributed by atoms with Crippen LogP contribution in [-0.4, -0.2) is 54.2 Å². The fourth-order valence-electron chi connectivity index (χ4n) is 2.51. The minimum atomic E-state index is -0.789. The van der Waals surface area contributed by atoms with Gasteiger partial charge in [0.25, 0.3) is 0 Å². The summed E-state index contributed by atoms with van der Waals surface area (Å²) in [5.74, 6) is -0.244. The van der Waals surface area contributed by atoms with E-state index in [-0.39, 0.29) is 18.5 Å². The molecule has 0 radical (unpaired) electrons. The molecule has 0 bridgehead atoms. The summed E-state index contributed by atoms with van der Waals surface area (Å²) in [4.78, 5) is 24.5. The summed E-state index contributed by atoms with van der Waals surface area (Å²) in [5.41, 5.74) is 0. The first kappa shape index (κ1) is 16.8. The molecule has 2 unspecified atom stereocenters. The standard InChI is InChI=1S/C14H27N3O3/c1-3-17-8-7-12(10-17)9-15-14(20)16-11(2)5-4-6-13(18)19/h11-12H,3-10H2,1-2H3,(H,18,19)(H2,15,16,20). The number of nitrogens with zero attached hydrogens (tertiary/aromatic N) is 1. The number of amides is 2. The number of rotatable bonds is 8. The molecule has 6 nitrogen and oxygen atoms in total. The second-order valence-corrected chi connectivity index (χ2v) is 5.59. The largest absolute Gasteiger partial charge is 0.481 e. The van der Waals surface area contributed by atoms with Crippen molar-refractivity contribution in [3.63, 3.8) is 0 Å². The van der Waals surface area contributed by atoms with Crippen molar-refractivity contribution < 1.29 is 14.7 Å². The SMILES string of the molecule is CCN1CCC(CNC(=O)NC(C)CCCC(=O)O)C1. The van der Waals surface area contributed by atoms with E-state index >= 15 is 0 Å². The Morgan fingerprint density at radius 2 is 2.20 bits per heavy atom. The average molecular weight is 285 g/mol. The lowest BCUT2D eigenvalue weighted by Crippen LogP contribution is -2.42. The van der Waals surface area contributed by atoms with Crippen molar-refractivity contribution in [3.05, 3.63) is 0 Å². The van der Waals surface area contributed by atoms with Gasteiger partial charge in [-0.05, 0) is 45.2 Å². The number of nitrogens with one attached hydrogen (secondary N) is 2. The highest BCUT2D eigenvalue weighted by atomic mass is 16.4. The fourth-order valence-corrected chi connectivity index (χ4v) is 2.51. The van der Waals surface area contributed by atoms with Crippen LogP contribution in [0.5, 0.6) is 0 Å². The molecule has 3 N–H and O–H groups in total. The number of aliphatic carboxylic acids is 1. The van der Waals surface area contributed by atoms with Gasteiger partial charge in [0.1, 0.15) is 0 Å². The van der Waals surface area contributed by atoms with Crippen molar-refractivity contribution in [2.75, 3.05) is 26.2 Å². The molecule has 1 heterocycles. The molecule has 2 amide bonds. The monoisotopic (exact) mass is 285 g/mol. The quantitative estimate of drug-likeness (QED) is 0.627. The van der Waals surface area contributed by atoms with Crippen LogP contribution in [0, 0.1) is 5.92 Å². The van der Waals surface area contributed by atoms with Gasteiger partial charge in [-0.2, -0.15) is 0 Å². The van der Waals surface area contributed by atoms with Crippen LogP contribution < -0.4 is 10.6 Å². The summed E-state index contributed by atoms with van der Waals surface area (Å²) >= 11 is 0. The van der Waals surface area contributed by atoms with Gasteiger partial charge in [0.2, 0.25) is 0 Å². The van der Waals surface area contributed by atoms with Gasteiger partial charge in [-0.1, -0.05) is 6.92 Å². The van der Waals surface area contributed by atoms with Crippen LogP contribution in [0.25, 0.3) is 0 Å². The van der Waals surface area contributed by atoms with E-state index in [4.69, 9.17) is 5.11 Å². The highest BCUT2D eigenvalue weighted by Crippen LogP contribution is 2.14. The van der Waals surface area contributed by atoms with E-state index in [1.807, 2.05) is 6.92 Å². The maximum atomic E-state index is 11.7. The predicted molar refractivity (Wildman–Crippen MR) is 77.7 cm³/mol. The Balaban J connectivity index is 2.09. The molecule has 6 heteroatoms. The molecule has 0 spiro atoms. The average Bonchev–Trinajstić information content (AvgIpc) is 2.83. The lowest BCUT2D eigenvalue weighted by Gasteiger charge is -2.16. The van der Waals surface area contributed by atoms with Crippen molar-refractivity contribution in [1.82, 2.24) is 15.5 Å². The Labute approximate surface area is 120 Å². The smallest absolute Gasteiger partial charge is 0.315 e. The third kappa shape index (κ3) is 6.75. The Morgan fingerprint density at radius 3 is 2.80 bits per heavy atom. The predicted octanol–water partition coefficient (Wildman–Crippen LogP) is 1.27. The molecule has 0 aromatic rings.